The molecular formula is C19H26N3O4S+. The van der Waals surface area contributed by atoms with E-state index in [1.807, 2.05) is 29.6 Å². The molecular weight excluding hydrogens is 366 g/mol. The summed E-state index contributed by atoms with van der Waals surface area (Å²) < 4.78 is 27.5. The van der Waals surface area contributed by atoms with Crippen molar-refractivity contribution < 1.29 is 23.3 Å². The maximum Gasteiger partial charge on any atom is 0.275 e. The lowest BCUT2D eigenvalue weighted by molar-refractivity contribution is -0.643. The SMILES string of the molecule is COc1ccc(CC[NH2+]CC(=O)NCCc2ccc(S(N)(=O)=O)cc2)cc1. The number of rotatable bonds is 10. The Hall–Kier alpha value is -2.42. The van der Waals surface area contributed by atoms with E-state index < -0.39 is 10.0 Å². The van der Waals surface area contributed by atoms with E-state index in [9.17, 15) is 13.2 Å². The van der Waals surface area contributed by atoms with Crippen molar-refractivity contribution in [2.24, 2.45) is 5.14 Å². The fraction of sp³-hybridized carbons (Fsp3) is 0.316. The summed E-state index contributed by atoms with van der Waals surface area (Å²) in [5, 5.41) is 9.89. The number of carbonyl (C=O) groups excluding carboxylic acids is 1. The van der Waals surface area contributed by atoms with Gasteiger partial charge in [0.1, 0.15) is 5.75 Å². The number of hydrogen-bond acceptors (Lipinski definition) is 4. The van der Waals surface area contributed by atoms with Crippen LogP contribution in [0.2, 0.25) is 0 Å². The largest absolute Gasteiger partial charge is 0.497 e. The van der Waals surface area contributed by atoms with Gasteiger partial charge in [0.25, 0.3) is 5.91 Å². The minimum Gasteiger partial charge on any atom is -0.497 e. The van der Waals surface area contributed by atoms with Gasteiger partial charge in [0.05, 0.1) is 18.6 Å². The van der Waals surface area contributed by atoms with Crippen molar-refractivity contribution in [1.82, 2.24) is 5.32 Å². The zero-order chi connectivity index (χ0) is 19.7. The van der Waals surface area contributed by atoms with Crippen LogP contribution in [-0.2, 0) is 27.7 Å². The summed E-state index contributed by atoms with van der Waals surface area (Å²) in [5.41, 5.74) is 2.14. The van der Waals surface area contributed by atoms with Gasteiger partial charge in [0.2, 0.25) is 10.0 Å². The summed E-state index contributed by atoms with van der Waals surface area (Å²) in [6, 6.07) is 14.2. The van der Waals surface area contributed by atoms with E-state index in [2.05, 4.69) is 5.32 Å². The van der Waals surface area contributed by atoms with Crippen LogP contribution in [0.1, 0.15) is 11.1 Å². The number of sulfonamides is 1. The van der Waals surface area contributed by atoms with Gasteiger partial charge < -0.3 is 15.4 Å². The maximum atomic E-state index is 11.9. The third-order valence-corrected chi connectivity index (χ3v) is 5.04. The quantitative estimate of drug-likeness (QED) is 0.486. The Morgan fingerprint density at radius 3 is 2.22 bits per heavy atom. The van der Waals surface area contributed by atoms with E-state index in [4.69, 9.17) is 9.88 Å². The normalized spacial score (nSPS) is 11.2. The maximum absolute atomic E-state index is 11.9. The lowest BCUT2D eigenvalue weighted by Crippen LogP contribution is -2.87. The molecule has 27 heavy (non-hydrogen) atoms. The second-order valence-corrected chi connectivity index (χ2v) is 7.73. The molecule has 0 aliphatic carbocycles. The van der Waals surface area contributed by atoms with Gasteiger partial charge in [-0.05, 0) is 41.8 Å². The van der Waals surface area contributed by atoms with Crippen LogP contribution in [0.3, 0.4) is 0 Å². The summed E-state index contributed by atoms with van der Waals surface area (Å²) in [6.45, 7) is 1.70. The van der Waals surface area contributed by atoms with Gasteiger partial charge in [-0.15, -0.1) is 0 Å². The Morgan fingerprint density at radius 1 is 1.04 bits per heavy atom. The molecule has 0 atom stereocenters. The molecule has 1 amide bonds. The molecule has 0 unspecified atom stereocenters. The molecule has 0 saturated carbocycles. The molecule has 2 aromatic carbocycles. The first-order valence-electron chi connectivity index (χ1n) is 8.71. The second-order valence-electron chi connectivity index (χ2n) is 6.17. The Kier molecular flexibility index (Phi) is 7.78. The van der Waals surface area contributed by atoms with Crippen molar-refractivity contribution in [3.63, 3.8) is 0 Å². The zero-order valence-electron chi connectivity index (χ0n) is 15.4. The van der Waals surface area contributed by atoms with Crippen molar-refractivity contribution in [2.45, 2.75) is 17.7 Å². The number of primary sulfonamides is 1. The van der Waals surface area contributed by atoms with Crippen LogP contribution in [0.4, 0.5) is 0 Å². The Bertz CT molecular complexity index is 834. The average molecular weight is 393 g/mol. The molecule has 0 saturated heterocycles. The van der Waals surface area contributed by atoms with Crippen molar-refractivity contribution in [2.75, 3.05) is 26.7 Å². The summed E-state index contributed by atoms with van der Waals surface area (Å²) in [4.78, 5) is 11.9. The second kappa shape index (κ2) is 10.1. The van der Waals surface area contributed by atoms with Gasteiger partial charge in [-0.2, -0.15) is 0 Å². The number of nitrogens with one attached hydrogen (secondary N) is 1. The minimum absolute atomic E-state index is 0.0223. The predicted molar refractivity (Wildman–Crippen MR) is 103 cm³/mol. The highest BCUT2D eigenvalue weighted by atomic mass is 32.2. The number of methoxy groups -OCH3 is 1. The molecule has 0 aliphatic rings. The van der Waals surface area contributed by atoms with E-state index in [1.54, 1.807) is 19.2 Å². The number of quaternary nitrogens is 1. The molecule has 7 nitrogen and oxygen atoms in total. The van der Waals surface area contributed by atoms with E-state index in [0.717, 1.165) is 24.3 Å². The van der Waals surface area contributed by atoms with Gasteiger partial charge >= 0.3 is 0 Å². The lowest BCUT2D eigenvalue weighted by Gasteiger charge is -2.06. The molecule has 0 aliphatic heterocycles. The van der Waals surface area contributed by atoms with Gasteiger partial charge in [-0.1, -0.05) is 24.3 Å². The van der Waals surface area contributed by atoms with Crippen molar-refractivity contribution >= 4 is 15.9 Å². The van der Waals surface area contributed by atoms with Crippen LogP contribution in [0.15, 0.2) is 53.4 Å². The number of ether oxygens (including phenoxy) is 1. The van der Waals surface area contributed by atoms with E-state index in [0.29, 0.717) is 19.5 Å². The number of carbonyl (C=O) groups is 1. The number of hydrogen-bond donors (Lipinski definition) is 3. The molecule has 0 bridgehead atoms. The van der Waals surface area contributed by atoms with Gasteiger partial charge in [0.15, 0.2) is 6.54 Å². The molecule has 0 fully saturated rings. The molecule has 8 heteroatoms. The Morgan fingerprint density at radius 2 is 1.63 bits per heavy atom. The highest BCUT2D eigenvalue weighted by Crippen LogP contribution is 2.11. The first-order chi connectivity index (χ1) is 12.9. The van der Waals surface area contributed by atoms with Crippen molar-refractivity contribution in [3.8, 4) is 5.75 Å². The topological polar surface area (TPSA) is 115 Å². The molecule has 146 valence electrons. The number of amides is 1. The van der Waals surface area contributed by atoms with Crippen LogP contribution < -0.4 is 20.5 Å². The molecule has 2 aromatic rings. The Labute approximate surface area is 160 Å². The van der Waals surface area contributed by atoms with Crippen LogP contribution in [0.25, 0.3) is 0 Å². The molecule has 0 spiro atoms. The fourth-order valence-corrected chi connectivity index (χ4v) is 3.07. The highest BCUT2D eigenvalue weighted by molar-refractivity contribution is 7.89. The predicted octanol–water partition coefficient (Wildman–Crippen LogP) is -0.193. The van der Waals surface area contributed by atoms with Crippen molar-refractivity contribution in [3.05, 3.63) is 59.7 Å². The first-order valence-corrected chi connectivity index (χ1v) is 10.3. The molecule has 2 rings (SSSR count). The summed E-state index contributed by atoms with van der Waals surface area (Å²) in [5.74, 6) is 0.812. The average Bonchev–Trinajstić information content (AvgIpc) is 2.65. The number of benzene rings is 2. The molecule has 0 radical (unpaired) electrons. The van der Waals surface area contributed by atoms with E-state index in [-0.39, 0.29) is 10.8 Å². The third kappa shape index (κ3) is 7.38. The summed E-state index contributed by atoms with van der Waals surface area (Å²) >= 11 is 0. The highest BCUT2D eigenvalue weighted by Gasteiger charge is 2.07. The van der Waals surface area contributed by atoms with Crippen molar-refractivity contribution in [1.29, 1.82) is 0 Å². The molecule has 0 heterocycles. The minimum atomic E-state index is -3.67. The van der Waals surface area contributed by atoms with Gasteiger partial charge in [-0.25, -0.2) is 13.6 Å². The smallest absolute Gasteiger partial charge is 0.275 e. The van der Waals surface area contributed by atoms with E-state index in [1.165, 1.54) is 17.7 Å². The van der Waals surface area contributed by atoms with Crippen LogP contribution in [0, 0.1) is 0 Å². The number of nitrogens with two attached hydrogens (primary N) is 2. The fourth-order valence-electron chi connectivity index (χ4n) is 2.56. The zero-order valence-corrected chi connectivity index (χ0v) is 16.2. The van der Waals surface area contributed by atoms with E-state index >= 15 is 0 Å². The lowest BCUT2D eigenvalue weighted by atomic mass is 10.1. The van der Waals surface area contributed by atoms with Crippen LogP contribution in [-0.4, -0.2) is 41.1 Å². The summed E-state index contributed by atoms with van der Waals surface area (Å²) in [7, 11) is -2.03. The standard InChI is InChI=1S/C19H25N3O4S/c1-26-17-6-2-15(3-7-17)10-12-21-14-19(23)22-13-11-16-4-8-18(9-5-16)27(20,24)25/h2-9,21H,10-14H2,1H3,(H,22,23)(H2,20,24,25)/p+1. The summed E-state index contributed by atoms with van der Waals surface area (Å²) in [6.07, 6.45) is 1.51. The first kappa shape index (κ1) is 20.9. The third-order valence-electron chi connectivity index (χ3n) is 4.11. The Balaban J connectivity index is 1.61. The van der Waals surface area contributed by atoms with Crippen LogP contribution >= 0.6 is 0 Å². The van der Waals surface area contributed by atoms with Crippen LogP contribution in [0.5, 0.6) is 5.75 Å². The van der Waals surface area contributed by atoms with Gasteiger partial charge in [-0.3, -0.25) is 4.79 Å². The molecule has 5 N–H and O–H groups in total. The monoisotopic (exact) mass is 392 g/mol. The molecule has 0 aromatic heterocycles. The van der Waals surface area contributed by atoms with Gasteiger partial charge in [0, 0.05) is 13.0 Å².